The van der Waals surface area contributed by atoms with E-state index in [4.69, 9.17) is 0 Å². The molecule has 0 saturated heterocycles. The predicted octanol–water partition coefficient (Wildman–Crippen LogP) is 16.2. The molecule has 4 aliphatic carbocycles. The second kappa shape index (κ2) is 19.5. The molecule has 364 valence electrons. The number of hydrogen-bond acceptors (Lipinski definition) is 4. The highest BCUT2D eigenvalue weighted by Crippen LogP contribution is 2.52. The Morgan fingerprint density at radius 2 is 0.813 bits per heavy atom. The second-order valence-electron chi connectivity index (χ2n) is 20.6. The van der Waals surface area contributed by atoms with E-state index in [2.05, 4.69) is 288 Å². The third kappa shape index (κ3) is 8.47. The summed E-state index contributed by atoms with van der Waals surface area (Å²) < 4.78 is 0. The zero-order valence-electron chi connectivity index (χ0n) is 42.8. The zero-order chi connectivity index (χ0) is 50.3. The summed E-state index contributed by atoms with van der Waals surface area (Å²) in [4.78, 5) is 9.73. The van der Waals surface area contributed by atoms with Gasteiger partial charge in [-0.25, -0.2) is 0 Å². The van der Waals surface area contributed by atoms with Crippen molar-refractivity contribution in [1.82, 2.24) is 0 Å². The van der Waals surface area contributed by atoms with Crippen molar-refractivity contribution in [1.29, 1.82) is 0 Å². The smallest absolute Gasteiger partial charge is 0.0536 e. The summed E-state index contributed by atoms with van der Waals surface area (Å²) in [7, 11) is 0. The molecule has 0 bridgehead atoms. The molecule has 0 N–H and O–H groups in total. The third-order valence-electron chi connectivity index (χ3n) is 15.7. The van der Waals surface area contributed by atoms with Gasteiger partial charge < -0.3 is 19.6 Å². The van der Waals surface area contributed by atoms with Crippen LogP contribution in [0.3, 0.4) is 0 Å². The summed E-state index contributed by atoms with van der Waals surface area (Å²) in [5, 5.41) is 5.21. The van der Waals surface area contributed by atoms with Gasteiger partial charge in [-0.05, 0) is 193 Å². The van der Waals surface area contributed by atoms with Crippen LogP contribution in [-0.4, -0.2) is 0 Å². The maximum absolute atomic E-state index is 2.46. The SMILES string of the molecule is CC1(C)c2cc(N(C3=CCCC=C3)c3ccc(N(c4ccccc4)c4cccc5c4=CCCC=5)cc3)ccc2-c2ccc(N(c3ccccc3)c3ccc(N(C4=c5ccccc5=CCC4)c4ccccc4)cc3)cc21. The van der Waals surface area contributed by atoms with Crippen molar-refractivity contribution in [2.45, 2.75) is 57.8 Å². The van der Waals surface area contributed by atoms with Crippen LogP contribution in [0.1, 0.15) is 63.5 Å². The zero-order valence-corrected chi connectivity index (χ0v) is 42.8. The van der Waals surface area contributed by atoms with Crippen LogP contribution in [0.25, 0.3) is 35.1 Å². The van der Waals surface area contributed by atoms with E-state index < -0.39 is 0 Å². The Morgan fingerprint density at radius 1 is 0.347 bits per heavy atom. The first-order chi connectivity index (χ1) is 37.0. The molecule has 13 rings (SSSR count). The lowest BCUT2D eigenvalue weighted by atomic mass is 9.82. The number of para-hydroxylation sites is 3. The highest BCUT2D eigenvalue weighted by atomic mass is 15.2. The van der Waals surface area contributed by atoms with Crippen LogP contribution in [0.4, 0.5) is 56.9 Å². The van der Waals surface area contributed by atoms with Crippen molar-refractivity contribution < 1.29 is 0 Å². The van der Waals surface area contributed by atoms with Crippen molar-refractivity contribution >= 4 is 80.8 Å². The molecule has 0 saturated carbocycles. The fraction of sp³-hybridized carbons (Fsp3) is 0.127. The largest absolute Gasteiger partial charge is 0.314 e. The monoisotopic (exact) mass is 968 g/mol. The number of benzene rings is 9. The van der Waals surface area contributed by atoms with Gasteiger partial charge >= 0.3 is 0 Å². The molecule has 0 unspecified atom stereocenters. The molecule has 0 amide bonds. The van der Waals surface area contributed by atoms with Gasteiger partial charge in [0.1, 0.15) is 0 Å². The van der Waals surface area contributed by atoms with Crippen LogP contribution in [0.2, 0.25) is 0 Å². The summed E-state index contributed by atoms with van der Waals surface area (Å²) in [6.45, 7) is 4.80. The van der Waals surface area contributed by atoms with Crippen LogP contribution >= 0.6 is 0 Å². The molecule has 9 aromatic carbocycles. The van der Waals surface area contributed by atoms with E-state index in [-0.39, 0.29) is 5.41 Å². The molecule has 75 heavy (non-hydrogen) atoms. The summed E-state index contributed by atoms with van der Waals surface area (Å²) in [6.07, 6.45) is 20.3. The fourth-order valence-electron chi connectivity index (χ4n) is 12.1. The first-order valence-electron chi connectivity index (χ1n) is 26.8. The van der Waals surface area contributed by atoms with Gasteiger partial charge in [-0.1, -0.05) is 147 Å². The van der Waals surface area contributed by atoms with Crippen molar-refractivity contribution in [3.8, 4) is 11.1 Å². The number of nitrogens with zero attached hydrogens (tertiary/aromatic N) is 4. The summed E-state index contributed by atoms with van der Waals surface area (Å²) in [6, 6.07) is 80.6. The van der Waals surface area contributed by atoms with Crippen LogP contribution < -0.4 is 40.5 Å². The molecule has 4 aliphatic rings. The third-order valence-corrected chi connectivity index (χ3v) is 15.7. The van der Waals surface area contributed by atoms with Gasteiger partial charge in [0.15, 0.2) is 0 Å². The maximum Gasteiger partial charge on any atom is 0.0536 e. The Balaban J connectivity index is 0.856. The van der Waals surface area contributed by atoms with E-state index in [1.54, 1.807) is 0 Å². The van der Waals surface area contributed by atoms with Gasteiger partial charge in [0.05, 0.1) is 5.69 Å². The first kappa shape index (κ1) is 46.0. The molecule has 0 aromatic heterocycles. The molecule has 0 atom stereocenters. The molecular weight excluding hydrogens is 909 g/mol. The number of anilines is 10. The molecule has 0 spiro atoms. The first-order valence-corrected chi connectivity index (χ1v) is 26.8. The van der Waals surface area contributed by atoms with Crippen molar-refractivity contribution in [3.63, 3.8) is 0 Å². The molecule has 9 aromatic rings. The highest BCUT2D eigenvalue weighted by Gasteiger charge is 2.37. The average molecular weight is 969 g/mol. The van der Waals surface area contributed by atoms with Crippen LogP contribution in [-0.2, 0) is 5.41 Å². The Bertz CT molecular complexity index is 3910. The van der Waals surface area contributed by atoms with E-state index in [0.29, 0.717) is 0 Å². The van der Waals surface area contributed by atoms with E-state index in [1.807, 2.05) is 0 Å². The summed E-state index contributed by atoms with van der Waals surface area (Å²) in [5.41, 5.74) is 19.0. The van der Waals surface area contributed by atoms with Crippen molar-refractivity contribution in [2.24, 2.45) is 0 Å². The van der Waals surface area contributed by atoms with E-state index in [0.717, 1.165) is 89.7 Å². The predicted molar refractivity (Wildman–Crippen MR) is 317 cm³/mol. The van der Waals surface area contributed by atoms with Gasteiger partial charge in [-0.3, -0.25) is 0 Å². The highest BCUT2D eigenvalue weighted by molar-refractivity contribution is 5.89. The standard InChI is InChI=1S/C71H60N4/c1-71(2)67-49-61(72(53-25-7-3-8-26-53)57-37-41-59(42-38-57)74(55-29-11-5-12-30-55)69-35-19-23-51-21-15-17-33-63(51)69)45-47-65(67)66-48-46-62(50-68(66)71)73(54-27-9-4-10-28-54)58-39-43-60(44-40-58)75(56-31-13-6-14-32-56)70-36-20-24-52-22-16-18-34-64(52)70/h3,5-9,11-15,17,20-34,36-50H,4,10,16,18-19,35H2,1-2H3. The summed E-state index contributed by atoms with van der Waals surface area (Å²) >= 11 is 0. The summed E-state index contributed by atoms with van der Waals surface area (Å²) in [5.74, 6) is 0. The number of rotatable bonds is 12. The molecule has 0 heterocycles. The van der Waals surface area contributed by atoms with E-state index in [1.165, 1.54) is 60.2 Å². The van der Waals surface area contributed by atoms with Crippen molar-refractivity contribution in [2.75, 3.05) is 19.6 Å². The minimum atomic E-state index is -0.268. The lowest BCUT2D eigenvalue weighted by Gasteiger charge is -2.31. The minimum Gasteiger partial charge on any atom is -0.314 e. The Morgan fingerprint density at radius 3 is 1.44 bits per heavy atom. The number of fused-ring (bicyclic) bond motifs is 5. The molecule has 4 nitrogen and oxygen atoms in total. The van der Waals surface area contributed by atoms with Crippen molar-refractivity contribution in [3.05, 3.63) is 274 Å². The normalized spacial score (nSPS) is 14.6. The minimum absolute atomic E-state index is 0.268. The maximum atomic E-state index is 2.46. The van der Waals surface area contributed by atoms with Crippen LogP contribution in [0.15, 0.2) is 242 Å². The average Bonchev–Trinajstić information content (AvgIpc) is 3.77. The quantitative estimate of drug-likeness (QED) is 0.121. The Kier molecular flexibility index (Phi) is 12.0. The lowest BCUT2D eigenvalue weighted by molar-refractivity contribution is 0.660. The van der Waals surface area contributed by atoms with Gasteiger partial charge in [-0.2, -0.15) is 0 Å². The number of allylic oxidation sites excluding steroid dienone is 3. The van der Waals surface area contributed by atoms with Gasteiger partial charge in [-0.15, -0.1) is 0 Å². The topological polar surface area (TPSA) is 13.0 Å². The van der Waals surface area contributed by atoms with E-state index >= 15 is 0 Å². The molecule has 0 radical (unpaired) electrons. The lowest BCUT2D eigenvalue weighted by Crippen LogP contribution is -2.34. The number of hydrogen-bond donors (Lipinski definition) is 0. The Hall–Kier alpha value is -8.86. The van der Waals surface area contributed by atoms with Crippen LogP contribution in [0, 0.1) is 0 Å². The molecular formula is C71H60N4. The fourth-order valence-corrected chi connectivity index (χ4v) is 12.1. The van der Waals surface area contributed by atoms with E-state index in [9.17, 15) is 0 Å². The van der Waals surface area contributed by atoms with Crippen LogP contribution in [0.5, 0.6) is 0 Å². The van der Waals surface area contributed by atoms with Gasteiger partial charge in [0, 0.05) is 78.4 Å². The second-order valence-corrected chi connectivity index (χ2v) is 20.6. The Labute approximate surface area is 441 Å². The van der Waals surface area contributed by atoms with Gasteiger partial charge in [0.2, 0.25) is 0 Å². The van der Waals surface area contributed by atoms with Gasteiger partial charge in [0.25, 0.3) is 0 Å². The molecule has 0 aliphatic heterocycles. The molecule has 4 heteroatoms. The molecule has 0 fully saturated rings.